The minimum atomic E-state index is -0.743. The highest BCUT2D eigenvalue weighted by molar-refractivity contribution is 6.00. The Hall–Kier alpha value is -2.44. The molecule has 0 aromatic carbocycles. The van der Waals surface area contributed by atoms with Gasteiger partial charge in [-0.15, -0.1) is 0 Å². The van der Waals surface area contributed by atoms with E-state index in [2.05, 4.69) is 10.3 Å². The number of carbonyl (C=O) groups excluding carboxylic acids is 3. The lowest BCUT2D eigenvalue weighted by molar-refractivity contribution is -0.139. The highest BCUT2D eigenvalue weighted by Crippen LogP contribution is 2.24. The number of nitrogens with one attached hydrogen (secondary N) is 1. The normalized spacial score (nSPS) is 21.8. The number of hydrogen-bond donors (Lipinski definition) is 1. The van der Waals surface area contributed by atoms with Crippen molar-refractivity contribution in [3.05, 3.63) is 23.4 Å². The van der Waals surface area contributed by atoms with E-state index >= 15 is 0 Å². The summed E-state index contributed by atoms with van der Waals surface area (Å²) in [5.41, 5.74) is 1.39. The summed E-state index contributed by atoms with van der Waals surface area (Å²) >= 11 is 0. The smallest absolute Gasteiger partial charge is 0.267 e. The van der Waals surface area contributed by atoms with Gasteiger partial charge in [0, 0.05) is 44.3 Å². The minimum absolute atomic E-state index is 0.0875. The SMILES string of the molecule is CN1Cc2cnc(OC3CCC(=O)NC3=O)cc2C1=O. The number of carbonyl (C=O) groups is 3. The van der Waals surface area contributed by atoms with E-state index < -0.39 is 12.0 Å². The van der Waals surface area contributed by atoms with Crippen LogP contribution in [0.4, 0.5) is 0 Å². The van der Waals surface area contributed by atoms with Crippen LogP contribution in [0.1, 0.15) is 28.8 Å². The molecule has 2 aliphatic rings. The van der Waals surface area contributed by atoms with Gasteiger partial charge in [0.15, 0.2) is 6.10 Å². The maximum absolute atomic E-state index is 11.9. The molecule has 7 nitrogen and oxygen atoms in total. The first-order chi connectivity index (χ1) is 9.54. The van der Waals surface area contributed by atoms with Gasteiger partial charge in [0.25, 0.3) is 11.8 Å². The summed E-state index contributed by atoms with van der Waals surface area (Å²) in [6.07, 6.45) is 1.39. The van der Waals surface area contributed by atoms with Gasteiger partial charge < -0.3 is 9.64 Å². The molecule has 1 fully saturated rings. The number of aromatic nitrogens is 1. The molecule has 0 bridgehead atoms. The van der Waals surface area contributed by atoms with Gasteiger partial charge >= 0.3 is 0 Å². The van der Waals surface area contributed by atoms with Crippen molar-refractivity contribution in [2.45, 2.75) is 25.5 Å². The Bertz CT molecular complexity index is 614. The fraction of sp³-hybridized carbons (Fsp3) is 0.385. The van der Waals surface area contributed by atoms with Crippen LogP contribution in [0.15, 0.2) is 12.3 Å². The van der Waals surface area contributed by atoms with Crippen molar-refractivity contribution < 1.29 is 19.1 Å². The highest BCUT2D eigenvalue weighted by atomic mass is 16.5. The van der Waals surface area contributed by atoms with E-state index in [1.165, 1.54) is 0 Å². The Kier molecular flexibility index (Phi) is 2.89. The molecule has 2 aliphatic heterocycles. The second-order valence-corrected chi connectivity index (χ2v) is 4.90. The number of amides is 3. The molecule has 20 heavy (non-hydrogen) atoms. The number of fused-ring (bicyclic) bond motifs is 1. The molecule has 0 spiro atoms. The number of rotatable bonds is 2. The zero-order valence-electron chi connectivity index (χ0n) is 10.9. The van der Waals surface area contributed by atoms with Crippen molar-refractivity contribution >= 4 is 17.7 Å². The molecule has 3 heterocycles. The second kappa shape index (κ2) is 4.59. The largest absolute Gasteiger partial charge is 0.464 e. The fourth-order valence-corrected chi connectivity index (χ4v) is 2.32. The molecule has 7 heteroatoms. The molecule has 104 valence electrons. The molecule has 1 aromatic rings. The third kappa shape index (κ3) is 2.11. The molecule has 1 N–H and O–H groups in total. The van der Waals surface area contributed by atoms with E-state index in [1.54, 1.807) is 24.2 Å². The molecule has 1 atom stereocenters. The van der Waals surface area contributed by atoms with Crippen LogP contribution in [0.5, 0.6) is 5.88 Å². The summed E-state index contributed by atoms with van der Waals surface area (Å²) in [5.74, 6) is -0.627. The quantitative estimate of drug-likeness (QED) is 0.758. The summed E-state index contributed by atoms with van der Waals surface area (Å²) in [4.78, 5) is 40.2. The van der Waals surface area contributed by atoms with Crippen LogP contribution in [0.25, 0.3) is 0 Å². The summed E-state index contributed by atoms with van der Waals surface area (Å²) in [6.45, 7) is 0.528. The maximum Gasteiger partial charge on any atom is 0.267 e. The van der Waals surface area contributed by atoms with Gasteiger partial charge in [-0.2, -0.15) is 0 Å². The maximum atomic E-state index is 11.9. The molecular formula is C13H13N3O4. The van der Waals surface area contributed by atoms with Crippen molar-refractivity contribution in [1.29, 1.82) is 0 Å². The number of piperidine rings is 1. The summed E-state index contributed by atoms with van der Waals surface area (Å²) < 4.78 is 5.48. The van der Waals surface area contributed by atoms with Crippen LogP contribution in [0, 0.1) is 0 Å². The Morgan fingerprint density at radius 3 is 2.95 bits per heavy atom. The molecular weight excluding hydrogens is 262 g/mol. The summed E-state index contributed by atoms with van der Waals surface area (Å²) in [7, 11) is 1.71. The monoisotopic (exact) mass is 275 g/mol. The third-order valence-corrected chi connectivity index (χ3v) is 3.40. The lowest BCUT2D eigenvalue weighted by Gasteiger charge is -2.21. The summed E-state index contributed by atoms with van der Waals surface area (Å²) in [5, 5.41) is 2.21. The predicted molar refractivity (Wildman–Crippen MR) is 66.8 cm³/mol. The Balaban J connectivity index is 1.78. The fourth-order valence-electron chi connectivity index (χ4n) is 2.32. The number of imide groups is 1. The Labute approximate surface area is 114 Å². The predicted octanol–water partition coefficient (Wildman–Crippen LogP) is -0.149. The van der Waals surface area contributed by atoms with Gasteiger partial charge in [-0.3, -0.25) is 19.7 Å². The number of pyridine rings is 1. The van der Waals surface area contributed by atoms with Gasteiger partial charge in [0.2, 0.25) is 11.8 Å². The molecule has 3 rings (SSSR count). The summed E-state index contributed by atoms with van der Waals surface area (Å²) in [6, 6.07) is 1.55. The average Bonchev–Trinajstić information content (AvgIpc) is 2.69. The molecule has 1 unspecified atom stereocenters. The number of ether oxygens (including phenoxy) is 1. The first kappa shape index (κ1) is 12.6. The molecule has 1 saturated heterocycles. The minimum Gasteiger partial charge on any atom is -0.464 e. The molecule has 0 aliphatic carbocycles. The van der Waals surface area contributed by atoms with E-state index in [1.807, 2.05) is 0 Å². The van der Waals surface area contributed by atoms with Crippen LogP contribution in [0.3, 0.4) is 0 Å². The lowest BCUT2D eigenvalue weighted by Crippen LogP contribution is -2.46. The van der Waals surface area contributed by atoms with Crippen molar-refractivity contribution in [2.75, 3.05) is 7.05 Å². The Morgan fingerprint density at radius 1 is 1.40 bits per heavy atom. The van der Waals surface area contributed by atoms with Gasteiger partial charge in [-0.05, 0) is 0 Å². The lowest BCUT2D eigenvalue weighted by atomic mass is 10.1. The first-order valence-electron chi connectivity index (χ1n) is 6.29. The highest BCUT2D eigenvalue weighted by Gasteiger charge is 2.30. The molecule has 1 aromatic heterocycles. The molecule has 0 saturated carbocycles. The van der Waals surface area contributed by atoms with E-state index in [0.29, 0.717) is 18.5 Å². The molecule has 0 radical (unpaired) electrons. The third-order valence-electron chi connectivity index (χ3n) is 3.40. The standard InChI is InChI=1S/C13H13N3O4/c1-16-6-7-5-14-11(4-8(7)13(16)19)20-9-2-3-10(17)15-12(9)18/h4-5,9H,2-3,6H2,1H3,(H,15,17,18). The van der Waals surface area contributed by atoms with Crippen molar-refractivity contribution in [3.63, 3.8) is 0 Å². The zero-order chi connectivity index (χ0) is 14.3. The van der Waals surface area contributed by atoms with E-state index in [9.17, 15) is 14.4 Å². The number of nitrogens with zero attached hydrogens (tertiary/aromatic N) is 2. The van der Waals surface area contributed by atoms with Crippen molar-refractivity contribution in [3.8, 4) is 5.88 Å². The van der Waals surface area contributed by atoms with Crippen LogP contribution in [-0.2, 0) is 16.1 Å². The first-order valence-corrected chi connectivity index (χ1v) is 6.29. The van der Waals surface area contributed by atoms with Crippen LogP contribution in [-0.4, -0.2) is 40.8 Å². The number of hydrogen-bond acceptors (Lipinski definition) is 5. The van der Waals surface area contributed by atoms with Gasteiger partial charge in [-0.25, -0.2) is 4.98 Å². The van der Waals surface area contributed by atoms with E-state index in [4.69, 9.17) is 4.74 Å². The van der Waals surface area contributed by atoms with E-state index in [-0.39, 0.29) is 24.1 Å². The van der Waals surface area contributed by atoms with Crippen molar-refractivity contribution in [2.24, 2.45) is 0 Å². The van der Waals surface area contributed by atoms with E-state index in [0.717, 1.165) is 5.56 Å². The van der Waals surface area contributed by atoms with Crippen LogP contribution in [0.2, 0.25) is 0 Å². The van der Waals surface area contributed by atoms with Crippen LogP contribution >= 0.6 is 0 Å². The zero-order valence-corrected chi connectivity index (χ0v) is 10.9. The average molecular weight is 275 g/mol. The second-order valence-electron chi connectivity index (χ2n) is 4.90. The van der Waals surface area contributed by atoms with Crippen LogP contribution < -0.4 is 10.1 Å². The van der Waals surface area contributed by atoms with Gasteiger partial charge in [-0.1, -0.05) is 0 Å². The molecule has 3 amide bonds. The van der Waals surface area contributed by atoms with Crippen molar-refractivity contribution in [1.82, 2.24) is 15.2 Å². The van der Waals surface area contributed by atoms with Gasteiger partial charge in [0.1, 0.15) is 0 Å². The van der Waals surface area contributed by atoms with Gasteiger partial charge in [0.05, 0.1) is 5.56 Å². The topological polar surface area (TPSA) is 88.6 Å². The Morgan fingerprint density at radius 2 is 2.20 bits per heavy atom.